The first-order chi connectivity index (χ1) is 9.72. The monoisotopic (exact) mass is 271 g/mol. The SMILES string of the molecule is CCC(C)N(C)CCNCc1cncc2ccccc12. The number of likely N-dealkylation sites (N-methyl/N-ethyl adjacent to an activating group) is 1. The van der Waals surface area contributed by atoms with Crippen molar-refractivity contribution >= 4 is 10.8 Å². The number of pyridine rings is 1. The molecule has 0 aliphatic heterocycles. The normalized spacial score (nSPS) is 13.0. The minimum Gasteiger partial charge on any atom is -0.311 e. The maximum absolute atomic E-state index is 4.32. The van der Waals surface area contributed by atoms with E-state index < -0.39 is 0 Å². The van der Waals surface area contributed by atoms with Crippen molar-refractivity contribution in [2.75, 3.05) is 20.1 Å². The number of nitrogens with zero attached hydrogens (tertiary/aromatic N) is 2. The Morgan fingerprint density at radius 3 is 2.85 bits per heavy atom. The van der Waals surface area contributed by atoms with E-state index in [2.05, 4.69) is 60.4 Å². The van der Waals surface area contributed by atoms with Crippen molar-refractivity contribution in [2.24, 2.45) is 0 Å². The van der Waals surface area contributed by atoms with Gasteiger partial charge < -0.3 is 10.2 Å². The van der Waals surface area contributed by atoms with Crippen LogP contribution in [0.1, 0.15) is 25.8 Å². The standard InChI is InChI=1S/C17H25N3/c1-4-14(2)20(3)10-9-18-12-16-13-19-11-15-7-5-6-8-17(15)16/h5-8,11,13-14,18H,4,9-10,12H2,1-3H3. The summed E-state index contributed by atoms with van der Waals surface area (Å²) in [6.45, 7) is 7.46. The number of rotatable bonds is 7. The number of hydrogen-bond acceptors (Lipinski definition) is 3. The zero-order valence-electron chi connectivity index (χ0n) is 12.8. The molecule has 1 N–H and O–H groups in total. The molecule has 0 radical (unpaired) electrons. The Kier molecular flexibility index (Phi) is 5.50. The molecule has 0 aliphatic rings. The summed E-state index contributed by atoms with van der Waals surface area (Å²) < 4.78 is 0. The van der Waals surface area contributed by atoms with Crippen LogP contribution in [0.5, 0.6) is 0 Å². The van der Waals surface area contributed by atoms with Crippen LogP contribution in [0, 0.1) is 0 Å². The van der Waals surface area contributed by atoms with Gasteiger partial charge in [-0.25, -0.2) is 0 Å². The second kappa shape index (κ2) is 7.36. The van der Waals surface area contributed by atoms with E-state index in [-0.39, 0.29) is 0 Å². The predicted octanol–water partition coefficient (Wildman–Crippen LogP) is 3.05. The van der Waals surface area contributed by atoms with Gasteiger partial charge in [-0.15, -0.1) is 0 Å². The van der Waals surface area contributed by atoms with Gasteiger partial charge in [-0.05, 0) is 31.3 Å². The molecule has 3 nitrogen and oxygen atoms in total. The van der Waals surface area contributed by atoms with Crippen LogP contribution < -0.4 is 5.32 Å². The highest BCUT2D eigenvalue weighted by Crippen LogP contribution is 2.16. The van der Waals surface area contributed by atoms with Crippen LogP contribution in [0.15, 0.2) is 36.7 Å². The van der Waals surface area contributed by atoms with Gasteiger partial charge in [0.05, 0.1) is 0 Å². The third kappa shape index (κ3) is 3.78. The van der Waals surface area contributed by atoms with Gasteiger partial charge in [-0.3, -0.25) is 4.98 Å². The predicted molar refractivity (Wildman–Crippen MR) is 85.8 cm³/mol. The van der Waals surface area contributed by atoms with E-state index in [1.54, 1.807) is 0 Å². The molecule has 0 fully saturated rings. The molecule has 1 aromatic carbocycles. The highest BCUT2D eigenvalue weighted by molar-refractivity contribution is 5.84. The Hall–Kier alpha value is -1.45. The Morgan fingerprint density at radius 1 is 1.25 bits per heavy atom. The number of benzene rings is 1. The first-order valence-corrected chi connectivity index (χ1v) is 7.45. The first kappa shape index (κ1) is 14.9. The van der Waals surface area contributed by atoms with Gasteiger partial charge in [0.15, 0.2) is 0 Å². The minimum absolute atomic E-state index is 0.649. The van der Waals surface area contributed by atoms with E-state index in [0.717, 1.165) is 19.6 Å². The Morgan fingerprint density at radius 2 is 2.05 bits per heavy atom. The molecule has 0 spiro atoms. The molecule has 108 valence electrons. The molecule has 0 bridgehead atoms. The van der Waals surface area contributed by atoms with Gasteiger partial charge in [0, 0.05) is 43.5 Å². The van der Waals surface area contributed by atoms with E-state index in [1.807, 2.05) is 12.4 Å². The van der Waals surface area contributed by atoms with Crippen molar-refractivity contribution in [3.8, 4) is 0 Å². The van der Waals surface area contributed by atoms with Gasteiger partial charge in [0.1, 0.15) is 0 Å². The third-order valence-corrected chi connectivity index (χ3v) is 4.05. The molecule has 1 unspecified atom stereocenters. The summed E-state index contributed by atoms with van der Waals surface area (Å²) >= 11 is 0. The van der Waals surface area contributed by atoms with Crippen molar-refractivity contribution in [3.05, 3.63) is 42.2 Å². The molecule has 1 aromatic heterocycles. The summed E-state index contributed by atoms with van der Waals surface area (Å²) in [4.78, 5) is 6.71. The van der Waals surface area contributed by atoms with E-state index in [9.17, 15) is 0 Å². The lowest BCUT2D eigenvalue weighted by atomic mass is 10.1. The van der Waals surface area contributed by atoms with Crippen LogP contribution in [-0.2, 0) is 6.54 Å². The highest BCUT2D eigenvalue weighted by atomic mass is 15.1. The van der Waals surface area contributed by atoms with Gasteiger partial charge in [-0.2, -0.15) is 0 Å². The number of hydrogen-bond donors (Lipinski definition) is 1. The lowest BCUT2D eigenvalue weighted by Gasteiger charge is -2.23. The second-order valence-corrected chi connectivity index (χ2v) is 5.43. The summed E-state index contributed by atoms with van der Waals surface area (Å²) in [5.74, 6) is 0. The number of fused-ring (bicyclic) bond motifs is 1. The molecule has 0 aliphatic carbocycles. The van der Waals surface area contributed by atoms with Crippen molar-refractivity contribution < 1.29 is 0 Å². The quantitative estimate of drug-likeness (QED) is 0.785. The fourth-order valence-electron chi connectivity index (χ4n) is 2.33. The molecule has 2 rings (SSSR count). The molecule has 1 atom stereocenters. The molecule has 20 heavy (non-hydrogen) atoms. The molecule has 0 saturated carbocycles. The summed E-state index contributed by atoms with van der Waals surface area (Å²) in [5, 5.41) is 6.03. The lowest BCUT2D eigenvalue weighted by molar-refractivity contribution is 0.252. The molecule has 0 amide bonds. The third-order valence-electron chi connectivity index (χ3n) is 4.05. The molecule has 1 heterocycles. The van der Waals surface area contributed by atoms with E-state index in [4.69, 9.17) is 0 Å². The topological polar surface area (TPSA) is 28.2 Å². The molecule has 3 heteroatoms. The number of nitrogens with one attached hydrogen (secondary N) is 1. The molecule has 0 saturated heterocycles. The summed E-state index contributed by atoms with van der Waals surface area (Å²) in [5.41, 5.74) is 1.27. The second-order valence-electron chi connectivity index (χ2n) is 5.43. The van der Waals surface area contributed by atoms with Crippen LogP contribution in [0.3, 0.4) is 0 Å². The smallest absolute Gasteiger partial charge is 0.0346 e. The largest absolute Gasteiger partial charge is 0.311 e. The average molecular weight is 271 g/mol. The minimum atomic E-state index is 0.649. The van der Waals surface area contributed by atoms with Crippen LogP contribution in [0.4, 0.5) is 0 Å². The zero-order valence-corrected chi connectivity index (χ0v) is 12.8. The maximum Gasteiger partial charge on any atom is 0.0346 e. The Bertz CT molecular complexity index is 533. The van der Waals surface area contributed by atoms with Gasteiger partial charge in [0.2, 0.25) is 0 Å². The molecular weight excluding hydrogens is 246 g/mol. The fraction of sp³-hybridized carbons (Fsp3) is 0.471. The van der Waals surface area contributed by atoms with Gasteiger partial charge in [-0.1, -0.05) is 31.2 Å². The van der Waals surface area contributed by atoms with Crippen LogP contribution in [0.25, 0.3) is 10.8 Å². The fourth-order valence-corrected chi connectivity index (χ4v) is 2.33. The van der Waals surface area contributed by atoms with Crippen LogP contribution in [-0.4, -0.2) is 36.1 Å². The van der Waals surface area contributed by atoms with Crippen LogP contribution >= 0.6 is 0 Å². The van der Waals surface area contributed by atoms with Gasteiger partial charge >= 0.3 is 0 Å². The van der Waals surface area contributed by atoms with Crippen molar-refractivity contribution in [3.63, 3.8) is 0 Å². The lowest BCUT2D eigenvalue weighted by Crippen LogP contribution is -2.34. The van der Waals surface area contributed by atoms with E-state index >= 15 is 0 Å². The first-order valence-electron chi connectivity index (χ1n) is 7.45. The Labute approximate surface area is 122 Å². The van der Waals surface area contributed by atoms with E-state index in [0.29, 0.717) is 6.04 Å². The maximum atomic E-state index is 4.32. The molecular formula is C17H25N3. The average Bonchev–Trinajstić information content (AvgIpc) is 2.50. The number of aromatic nitrogens is 1. The Balaban J connectivity index is 1.87. The van der Waals surface area contributed by atoms with Crippen molar-refractivity contribution in [1.82, 2.24) is 15.2 Å². The summed E-state index contributed by atoms with van der Waals surface area (Å²) in [7, 11) is 2.19. The van der Waals surface area contributed by atoms with Crippen LogP contribution in [0.2, 0.25) is 0 Å². The van der Waals surface area contributed by atoms with Crippen molar-refractivity contribution in [2.45, 2.75) is 32.9 Å². The summed E-state index contributed by atoms with van der Waals surface area (Å²) in [6, 6.07) is 9.07. The summed E-state index contributed by atoms with van der Waals surface area (Å²) in [6.07, 6.45) is 5.09. The molecule has 2 aromatic rings. The van der Waals surface area contributed by atoms with Crippen molar-refractivity contribution in [1.29, 1.82) is 0 Å². The zero-order chi connectivity index (χ0) is 14.4. The highest BCUT2D eigenvalue weighted by Gasteiger charge is 2.06. The van der Waals surface area contributed by atoms with Gasteiger partial charge in [0.25, 0.3) is 0 Å². The van der Waals surface area contributed by atoms with E-state index in [1.165, 1.54) is 22.8 Å².